The van der Waals surface area contributed by atoms with E-state index < -0.39 is 48.2 Å². The molecule has 0 saturated heterocycles. The number of amides is 3. The van der Waals surface area contributed by atoms with E-state index in [9.17, 15) is 28.8 Å². The van der Waals surface area contributed by atoms with Gasteiger partial charge in [-0.3, -0.25) is 19.3 Å². The van der Waals surface area contributed by atoms with Crippen molar-refractivity contribution in [3.05, 3.63) is 35.4 Å². The maximum Gasteiger partial charge on any atom is 0.262 e. The summed E-state index contributed by atoms with van der Waals surface area (Å²) in [4.78, 5) is 75.1. The van der Waals surface area contributed by atoms with Crippen molar-refractivity contribution in [2.24, 2.45) is 0 Å². The summed E-state index contributed by atoms with van der Waals surface area (Å²) in [5.74, 6) is -2.00. The van der Waals surface area contributed by atoms with Gasteiger partial charge in [0.15, 0.2) is 6.29 Å². The fourth-order valence-electron chi connectivity index (χ4n) is 4.18. The molecule has 0 unspecified atom stereocenters. The van der Waals surface area contributed by atoms with Gasteiger partial charge in [-0.05, 0) is 25.0 Å². The fraction of sp³-hybridized carbons (Fsp3) is 0.478. The molecule has 9 nitrogen and oxygen atoms in total. The van der Waals surface area contributed by atoms with E-state index in [1.807, 2.05) is 13.8 Å². The van der Waals surface area contributed by atoms with Crippen LogP contribution in [0.5, 0.6) is 0 Å². The van der Waals surface area contributed by atoms with E-state index in [0.717, 1.165) is 4.90 Å². The van der Waals surface area contributed by atoms with Crippen LogP contribution in [-0.2, 0) is 23.9 Å². The number of aldehydes is 3. The molecule has 0 fully saturated rings. The lowest BCUT2D eigenvalue weighted by molar-refractivity contribution is -0.136. The fourth-order valence-corrected chi connectivity index (χ4v) is 4.18. The first-order valence-electron chi connectivity index (χ1n) is 10.5. The van der Waals surface area contributed by atoms with Crippen molar-refractivity contribution in [3.63, 3.8) is 0 Å². The lowest BCUT2D eigenvalue weighted by Gasteiger charge is -2.46. The Morgan fingerprint density at radius 2 is 1.53 bits per heavy atom. The lowest BCUT2D eigenvalue weighted by Crippen LogP contribution is -2.68. The number of benzene rings is 1. The summed E-state index contributed by atoms with van der Waals surface area (Å²) in [5, 5.41) is 2.58. The summed E-state index contributed by atoms with van der Waals surface area (Å²) in [5.41, 5.74) is -1.60. The minimum absolute atomic E-state index is 0.115. The number of carbonyl (C=O) groups excluding carboxylic acids is 6. The first kappa shape index (κ1) is 25.1. The van der Waals surface area contributed by atoms with Gasteiger partial charge in [-0.15, -0.1) is 0 Å². The first-order chi connectivity index (χ1) is 15.3. The molecule has 1 aliphatic heterocycles. The zero-order valence-corrected chi connectivity index (χ0v) is 18.4. The monoisotopic (exact) mass is 444 g/mol. The van der Waals surface area contributed by atoms with Crippen molar-refractivity contribution in [2.45, 2.75) is 70.2 Å². The van der Waals surface area contributed by atoms with Crippen LogP contribution in [0.15, 0.2) is 24.3 Å². The van der Waals surface area contributed by atoms with Crippen LogP contribution in [0.2, 0.25) is 0 Å². The van der Waals surface area contributed by atoms with Crippen molar-refractivity contribution in [2.75, 3.05) is 0 Å². The van der Waals surface area contributed by atoms with Crippen molar-refractivity contribution in [1.82, 2.24) is 10.2 Å². The van der Waals surface area contributed by atoms with E-state index >= 15 is 0 Å². The minimum atomic E-state index is -1.83. The molecule has 1 N–H and O–H groups in total. The van der Waals surface area contributed by atoms with Gasteiger partial charge in [0.05, 0.1) is 28.8 Å². The Kier molecular flexibility index (Phi) is 8.54. The van der Waals surface area contributed by atoms with Gasteiger partial charge in [0.2, 0.25) is 5.91 Å². The highest BCUT2D eigenvalue weighted by atomic mass is 16.5. The zero-order valence-electron chi connectivity index (χ0n) is 18.4. The van der Waals surface area contributed by atoms with Crippen molar-refractivity contribution >= 4 is 36.6 Å². The molecule has 1 aromatic rings. The van der Waals surface area contributed by atoms with E-state index in [1.54, 1.807) is 12.1 Å². The highest BCUT2D eigenvalue weighted by molar-refractivity contribution is 6.22. The average Bonchev–Trinajstić information content (AvgIpc) is 3.04. The Balaban J connectivity index is 2.70. The quantitative estimate of drug-likeness (QED) is 0.361. The van der Waals surface area contributed by atoms with Crippen molar-refractivity contribution in [3.8, 4) is 0 Å². The van der Waals surface area contributed by atoms with E-state index in [-0.39, 0.29) is 17.2 Å². The number of carbonyl (C=O) groups is 6. The van der Waals surface area contributed by atoms with Crippen LogP contribution < -0.4 is 5.32 Å². The SMILES string of the molecule is CCC(CC)O[C@H](C=O)[C@H](NC(C)=O)C(CC=O)(CC=O)N1C(=O)c2ccccc2C1=O. The van der Waals surface area contributed by atoms with Crippen LogP contribution in [0, 0.1) is 0 Å². The Labute approximate surface area is 186 Å². The summed E-state index contributed by atoms with van der Waals surface area (Å²) in [6.45, 7) is 4.91. The molecule has 0 saturated carbocycles. The Bertz CT molecular complexity index is 849. The van der Waals surface area contributed by atoms with E-state index in [4.69, 9.17) is 4.74 Å². The number of nitrogens with one attached hydrogen (secondary N) is 1. The molecule has 1 heterocycles. The number of hydrogen-bond acceptors (Lipinski definition) is 7. The summed E-state index contributed by atoms with van der Waals surface area (Å²) in [6, 6.07) is 4.78. The summed E-state index contributed by atoms with van der Waals surface area (Å²) < 4.78 is 5.90. The van der Waals surface area contributed by atoms with Crippen LogP contribution in [0.3, 0.4) is 0 Å². The average molecular weight is 444 g/mol. The first-order valence-corrected chi connectivity index (χ1v) is 10.5. The number of rotatable bonds is 13. The third-order valence-electron chi connectivity index (χ3n) is 5.77. The molecule has 1 aliphatic rings. The van der Waals surface area contributed by atoms with E-state index in [1.165, 1.54) is 19.1 Å². The molecule has 2 rings (SSSR count). The third-order valence-corrected chi connectivity index (χ3v) is 5.77. The van der Waals surface area contributed by atoms with Gasteiger partial charge in [0.1, 0.15) is 18.7 Å². The molecule has 0 radical (unpaired) electrons. The standard InChI is InChI=1S/C23H28N2O7/c1-4-16(5-2)32-19(14-28)20(24-15(3)29)23(10-12-26,11-13-27)25-21(30)17-8-6-7-9-18(17)22(25)31/h6-9,12-14,16,19-20H,4-5,10-11H2,1-3H3,(H,24,29)/t19-,20+/m1/s1. The molecule has 0 bridgehead atoms. The highest BCUT2D eigenvalue weighted by Crippen LogP contribution is 2.37. The van der Waals surface area contributed by atoms with E-state index in [2.05, 4.69) is 5.32 Å². The molecule has 172 valence electrons. The number of fused-ring (bicyclic) bond motifs is 1. The van der Waals surface area contributed by atoms with Gasteiger partial charge in [0, 0.05) is 19.8 Å². The van der Waals surface area contributed by atoms with Crippen LogP contribution in [0.1, 0.15) is 67.2 Å². The highest BCUT2D eigenvalue weighted by Gasteiger charge is 2.55. The molecule has 0 aliphatic carbocycles. The van der Waals surface area contributed by atoms with Gasteiger partial charge in [-0.25, -0.2) is 0 Å². The van der Waals surface area contributed by atoms with Crippen LogP contribution in [0.25, 0.3) is 0 Å². The molecule has 9 heteroatoms. The van der Waals surface area contributed by atoms with Gasteiger partial charge in [-0.2, -0.15) is 0 Å². The Morgan fingerprint density at radius 3 is 1.91 bits per heavy atom. The summed E-state index contributed by atoms with van der Waals surface area (Å²) >= 11 is 0. The normalized spacial score (nSPS) is 15.3. The predicted molar refractivity (Wildman–Crippen MR) is 114 cm³/mol. The van der Waals surface area contributed by atoms with Gasteiger partial charge in [-0.1, -0.05) is 26.0 Å². The molecule has 0 aromatic heterocycles. The smallest absolute Gasteiger partial charge is 0.262 e. The molecular formula is C23H28N2O7. The zero-order chi connectivity index (χ0) is 23.9. The molecular weight excluding hydrogens is 416 g/mol. The maximum absolute atomic E-state index is 13.3. The van der Waals surface area contributed by atoms with Crippen LogP contribution in [0.4, 0.5) is 0 Å². The Hall–Kier alpha value is -3.20. The van der Waals surface area contributed by atoms with Gasteiger partial charge < -0.3 is 24.4 Å². The number of imide groups is 1. The van der Waals surface area contributed by atoms with E-state index in [0.29, 0.717) is 31.7 Å². The molecule has 2 atom stereocenters. The largest absolute Gasteiger partial charge is 0.365 e. The van der Waals surface area contributed by atoms with Crippen molar-refractivity contribution < 1.29 is 33.5 Å². The predicted octanol–water partition coefficient (Wildman–Crippen LogP) is 1.48. The number of ether oxygens (including phenoxy) is 1. The number of nitrogens with zero attached hydrogens (tertiary/aromatic N) is 1. The second kappa shape index (κ2) is 10.9. The number of hydrogen-bond donors (Lipinski definition) is 1. The van der Waals surface area contributed by atoms with Gasteiger partial charge >= 0.3 is 0 Å². The summed E-state index contributed by atoms with van der Waals surface area (Å²) in [6.07, 6.45) is -0.105. The van der Waals surface area contributed by atoms with Gasteiger partial charge in [0.25, 0.3) is 11.8 Å². The summed E-state index contributed by atoms with van der Waals surface area (Å²) in [7, 11) is 0. The second-order valence-corrected chi connectivity index (χ2v) is 7.69. The second-order valence-electron chi connectivity index (χ2n) is 7.69. The molecule has 0 spiro atoms. The molecule has 1 aromatic carbocycles. The minimum Gasteiger partial charge on any atom is -0.365 e. The van der Waals surface area contributed by atoms with Crippen LogP contribution in [-0.4, -0.2) is 65.3 Å². The molecule has 3 amide bonds. The Morgan fingerprint density at radius 1 is 1.03 bits per heavy atom. The third kappa shape index (κ3) is 4.67. The topological polar surface area (TPSA) is 127 Å². The lowest BCUT2D eigenvalue weighted by atomic mass is 9.79. The van der Waals surface area contributed by atoms with Crippen molar-refractivity contribution in [1.29, 1.82) is 0 Å². The maximum atomic E-state index is 13.3. The molecule has 32 heavy (non-hydrogen) atoms. The van der Waals surface area contributed by atoms with Crippen LogP contribution >= 0.6 is 0 Å².